The van der Waals surface area contributed by atoms with Crippen LogP contribution in [0, 0.1) is 5.92 Å². The minimum absolute atomic E-state index is 0.0198. The first-order chi connectivity index (χ1) is 17.0. The summed E-state index contributed by atoms with van der Waals surface area (Å²) in [5.41, 5.74) is 3.40. The van der Waals surface area contributed by atoms with Gasteiger partial charge in [0.2, 0.25) is 5.91 Å². The van der Waals surface area contributed by atoms with E-state index < -0.39 is 0 Å². The molecule has 3 aromatic rings. The van der Waals surface area contributed by atoms with Gasteiger partial charge in [-0.15, -0.1) is 0 Å². The molecule has 5 heteroatoms. The van der Waals surface area contributed by atoms with Crippen LogP contribution in [0.4, 0.5) is 5.69 Å². The largest absolute Gasteiger partial charge is 0.486 e. The molecule has 1 amide bonds. The van der Waals surface area contributed by atoms with Crippen molar-refractivity contribution < 1.29 is 9.53 Å². The fourth-order valence-corrected chi connectivity index (χ4v) is 4.79. The summed E-state index contributed by atoms with van der Waals surface area (Å²) in [7, 11) is 0. The Morgan fingerprint density at radius 2 is 1.74 bits per heavy atom. The first-order valence-corrected chi connectivity index (χ1v) is 13.0. The molecule has 3 aromatic carbocycles. The Kier molecular flexibility index (Phi) is 8.84. The summed E-state index contributed by atoms with van der Waals surface area (Å²) in [6.45, 7) is 6.93. The van der Waals surface area contributed by atoms with Gasteiger partial charge in [0.05, 0.1) is 0 Å². The van der Waals surface area contributed by atoms with E-state index in [1.165, 1.54) is 11.1 Å². The predicted molar refractivity (Wildman–Crippen MR) is 144 cm³/mol. The van der Waals surface area contributed by atoms with Crippen molar-refractivity contribution in [3.63, 3.8) is 0 Å². The molecule has 0 bridgehead atoms. The number of hydrogen-bond donors (Lipinski definition) is 1. The molecular weight excluding hydrogens is 456 g/mol. The van der Waals surface area contributed by atoms with Gasteiger partial charge in [0.25, 0.3) is 0 Å². The minimum Gasteiger partial charge on any atom is -0.486 e. The molecule has 1 heterocycles. The van der Waals surface area contributed by atoms with Crippen LogP contribution in [0.2, 0.25) is 5.02 Å². The fourth-order valence-electron chi connectivity index (χ4n) is 4.61. The molecule has 0 aromatic heterocycles. The Bertz CT molecular complexity index is 1090. The number of ether oxygens (including phenoxy) is 1. The van der Waals surface area contributed by atoms with E-state index in [0.29, 0.717) is 10.9 Å². The molecular formula is C30H35ClN2O2. The summed E-state index contributed by atoms with van der Waals surface area (Å²) in [6, 6.07) is 26.4. The summed E-state index contributed by atoms with van der Waals surface area (Å²) in [5, 5.41) is 3.71. The van der Waals surface area contributed by atoms with Gasteiger partial charge in [-0.2, -0.15) is 0 Å². The number of nitrogens with one attached hydrogen (secondary N) is 1. The lowest BCUT2D eigenvalue weighted by Gasteiger charge is -2.33. The van der Waals surface area contributed by atoms with Gasteiger partial charge in [-0.25, -0.2) is 0 Å². The quantitative estimate of drug-likeness (QED) is 0.341. The molecule has 4 rings (SSSR count). The predicted octanol–water partition coefficient (Wildman–Crippen LogP) is 7.32. The molecule has 4 nitrogen and oxygen atoms in total. The van der Waals surface area contributed by atoms with Crippen molar-refractivity contribution in [2.75, 3.05) is 25.0 Å². The number of nitrogens with zero attached hydrogens (tertiary/aromatic N) is 1. The van der Waals surface area contributed by atoms with E-state index in [1.807, 2.05) is 50.2 Å². The molecule has 1 aliphatic rings. The van der Waals surface area contributed by atoms with Crippen LogP contribution in [0.5, 0.6) is 5.75 Å². The average molecular weight is 491 g/mol. The molecule has 1 unspecified atom stereocenters. The zero-order valence-electron chi connectivity index (χ0n) is 20.6. The fraction of sp³-hybridized carbons (Fsp3) is 0.367. The third-order valence-corrected chi connectivity index (χ3v) is 6.93. The number of hydrogen-bond acceptors (Lipinski definition) is 3. The highest BCUT2D eigenvalue weighted by Crippen LogP contribution is 2.31. The lowest BCUT2D eigenvalue weighted by atomic mass is 9.89. The Hall–Kier alpha value is -2.82. The number of anilines is 1. The number of piperidine rings is 1. The van der Waals surface area contributed by atoms with E-state index in [2.05, 4.69) is 52.7 Å². The number of carbonyl (C=O) groups is 1. The molecule has 1 saturated heterocycles. The van der Waals surface area contributed by atoms with E-state index in [1.54, 1.807) is 0 Å². The smallest absolute Gasteiger partial charge is 0.226 e. The molecule has 0 aliphatic carbocycles. The van der Waals surface area contributed by atoms with Crippen molar-refractivity contribution in [2.45, 2.75) is 45.1 Å². The summed E-state index contributed by atoms with van der Waals surface area (Å²) in [6.07, 6.45) is 3.13. The van der Waals surface area contributed by atoms with Crippen molar-refractivity contribution in [3.05, 3.63) is 95.0 Å². The average Bonchev–Trinajstić information content (AvgIpc) is 2.87. The van der Waals surface area contributed by atoms with Crippen LogP contribution < -0.4 is 10.1 Å². The van der Waals surface area contributed by atoms with Gasteiger partial charge in [0, 0.05) is 29.6 Å². The first kappa shape index (κ1) is 25.3. The highest BCUT2D eigenvalue weighted by molar-refractivity contribution is 6.30. The van der Waals surface area contributed by atoms with Crippen LogP contribution in [0.25, 0.3) is 0 Å². The third-order valence-electron chi connectivity index (χ3n) is 6.69. The highest BCUT2D eigenvalue weighted by Gasteiger charge is 2.23. The number of rotatable bonds is 9. The van der Waals surface area contributed by atoms with Gasteiger partial charge in [-0.05, 0) is 73.3 Å². The Labute approximate surface area is 214 Å². The number of benzene rings is 3. The molecule has 0 radical (unpaired) electrons. The Morgan fingerprint density at radius 1 is 1.00 bits per heavy atom. The highest BCUT2D eigenvalue weighted by atomic mass is 35.5. The lowest BCUT2D eigenvalue weighted by molar-refractivity contribution is -0.118. The van der Waals surface area contributed by atoms with Gasteiger partial charge in [0.1, 0.15) is 11.9 Å². The molecule has 1 N–H and O–H groups in total. The number of amides is 1. The normalized spacial score (nSPS) is 15.7. The lowest BCUT2D eigenvalue weighted by Crippen LogP contribution is -2.34. The zero-order valence-corrected chi connectivity index (χ0v) is 21.4. The van der Waals surface area contributed by atoms with Crippen LogP contribution in [-0.4, -0.2) is 30.4 Å². The molecule has 1 atom stereocenters. The SMILES string of the molecule is CC(C)C(=O)Nc1cccc(C2CCN(CCC(Oc3cccc(Cl)c3)c3ccccc3)CC2)c1. The van der Waals surface area contributed by atoms with Gasteiger partial charge in [-0.1, -0.05) is 74.0 Å². The molecule has 1 aliphatic heterocycles. The molecule has 0 saturated carbocycles. The van der Waals surface area contributed by atoms with Crippen molar-refractivity contribution in [1.29, 1.82) is 0 Å². The molecule has 1 fully saturated rings. The van der Waals surface area contributed by atoms with Crippen LogP contribution in [0.1, 0.15) is 56.3 Å². The first-order valence-electron chi connectivity index (χ1n) is 12.6. The second kappa shape index (κ2) is 12.2. The Balaban J connectivity index is 1.33. The zero-order chi connectivity index (χ0) is 24.6. The standard InChI is InChI=1S/C30H35ClN2O2/c1-22(2)30(34)32-27-12-6-10-25(20-27)23-14-17-33(18-15-23)19-16-29(24-8-4-3-5-9-24)35-28-13-7-11-26(31)21-28/h3-13,20-23,29H,14-19H2,1-2H3,(H,32,34). The summed E-state index contributed by atoms with van der Waals surface area (Å²) < 4.78 is 6.38. The van der Waals surface area contributed by atoms with Gasteiger partial charge < -0.3 is 15.0 Å². The topological polar surface area (TPSA) is 41.6 Å². The van der Waals surface area contributed by atoms with Crippen molar-refractivity contribution in [3.8, 4) is 5.75 Å². The third kappa shape index (κ3) is 7.33. The van der Waals surface area contributed by atoms with Crippen molar-refractivity contribution in [1.82, 2.24) is 4.90 Å². The van der Waals surface area contributed by atoms with E-state index in [4.69, 9.17) is 16.3 Å². The number of likely N-dealkylation sites (tertiary alicyclic amines) is 1. The number of halogens is 1. The van der Waals surface area contributed by atoms with E-state index >= 15 is 0 Å². The van der Waals surface area contributed by atoms with Crippen LogP contribution in [0.15, 0.2) is 78.9 Å². The molecule has 35 heavy (non-hydrogen) atoms. The van der Waals surface area contributed by atoms with E-state index in [9.17, 15) is 4.79 Å². The summed E-state index contributed by atoms with van der Waals surface area (Å²) in [5.74, 6) is 1.36. The van der Waals surface area contributed by atoms with Crippen molar-refractivity contribution in [2.24, 2.45) is 5.92 Å². The number of carbonyl (C=O) groups excluding carboxylic acids is 1. The van der Waals surface area contributed by atoms with Crippen LogP contribution >= 0.6 is 11.6 Å². The van der Waals surface area contributed by atoms with E-state index in [0.717, 1.165) is 50.3 Å². The molecule has 0 spiro atoms. The van der Waals surface area contributed by atoms with Gasteiger partial charge >= 0.3 is 0 Å². The van der Waals surface area contributed by atoms with E-state index in [-0.39, 0.29) is 17.9 Å². The monoisotopic (exact) mass is 490 g/mol. The molecule has 184 valence electrons. The van der Waals surface area contributed by atoms with Crippen LogP contribution in [-0.2, 0) is 4.79 Å². The van der Waals surface area contributed by atoms with Gasteiger partial charge in [0.15, 0.2) is 0 Å². The Morgan fingerprint density at radius 3 is 2.46 bits per heavy atom. The second-order valence-electron chi connectivity index (χ2n) is 9.65. The van der Waals surface area contributed by atoms with Gasteiger partial charge in [-0.3, -0.25) is 4.79 Å². The maximum absolute atomic E-state index is 12.1. The van der Waals surface area contributed by atoms with Crippen LogP contribution in [0.3, 0.4) is 0 Å². The minimum atomic E-state index is -0.0236. The summed E-state index contributed by atoms with van der Waals surface area (Å²) in [4.78, 5) is 14.6. The summed E-state index contributed by atoms with van der Waals surface area (Å²) >= 11 is 6.18. The maximum Gasteiger partial charge on any atom is 0.226 e. The second-order valence-corrected chi connectivity index (χ2v) is 10.1. The van der Waals surface area contributed by atoms with Crippen molar-refractivity contribution >= 4 is 23.2 Å². The maximum atomic E-state index is 12.1.